The standard InChI is InChI=1S/C21H18ClFN6S/c22-14-6-4-13(5-7-14)18-17-19(24)29(16-3-1-2-15(23)12-16)27-20(17)26-21(25-18)28-8-10-30-11-9-28/h1-7,12H,8-11,24H2. The molecule has 6 nitrogen and oxygen atoms in total. The molecule has 1 aliphatic rings. The molecular formula is C21H18ClFN6S. The van der Waals surface area contributed by atoms with Crippen molar-refractivity contribution in [1.29, 1.82) is 0 Å². The van der Waals surface area contributed by atoms with Gasteiger partial charge in [-0.15, -0.1) is 5.10 Å². The van der Waals surface area contributed by atoms with Crippen molar-refractivity contribution in [3.05, 3.63) is 59.4 Å². The molecule has 1 fully saturated rings. The predicted octanol–water partition coefficient (Wildman–Crippen LogP) is 4.41. The molecule has 1 aliphatic heterocycles. The Balaban J connectivity index is 1.74. The molecule has 0 aliphatic carbocycles. The maximum absolute atomic E-state index is 13.8. The normalized spacial score (nSPS) is 14.4. The first kappa shape index (κ1) is 19.1. The second-order valence-electron chi connectivity index (χ2n) is 6.95. The van der Waals surface area contributed by atoms with E-state index >= 15 is 0 Å². The molecule has 0 bridgehead atoms. The summed E-state index contributed by atoms with van der Waals surface area (Å²) in [5, 5.41) is 5.87. The topological polar surface area (TPSA) is 72.9 Å². The number of nitrogens with two attached hydrogens (primary N) is 1. The second-order valence-corrected chi connectivity index (χ2v) is 8.62. The van der Waals surface area contributed by atoms with E-state index in [1.165, 1.54) is 16.8 Å². The molecule has 152 valence electrons. The van der Waals surface area contributed by atoms with Crippen molar-refractivity contribution >= 4 is 46.2 Å². The molecule has 5 rings (SSSR count). The van der Waals surface area contributed by atoms with Crippen LogP contribution in [0.1, 0.15) is 0 Å². The van der Waals surface area contributed by atoms with Crippen molar-refractivity contribution < 1.29 is 4.39 Å². The van der Waals surface area contributed by atoms with Crippen LogP contribution in [0.5, 0.6) is 0 Å². The van der Waals surface area contributed by atoms with Crippen molar-refractivity contribution in [2.75, 3.05) is 35.2 Å². The molecule has 0 saturated carbocycles. The van der Waals surface area contributed by atoms with Crippen LogP contribution in [0.3, 0.4) is 0 Å². The Kier molecular flexibility index (Phi) is 4.96. The Morgan fingerprint density at radius 2 is 1.80 bits per heavy atom. The summed E-state index contributed by atoms with van der Waals surface area (Å²) in [5.41, 5.74) is 9.03. The quantitative estimate of drug-likeness (QED) is 0.508. The second kappa shape index (κ2) is 7.77. The Hall–Kier alpha value is -2.84. The number of rotatable bonds is 3. The molecule has 0 amide bonds. The van der Waals surface area contributed by atoms with Gasteiger partial charge in [0.15, 0.2) is 5.65 Å². The fourth-order valence-electron chi connectivity index (χ4n) is 3.53. The lowest BCUT2D eigenvalue weighted by atomic mass is 10.1. The van der Waals surface area contributed by atoms with Gasteiger partial charge in [-0.05, 0) is 30.3 Å². The van der Waals surface area contributed by atoms with Gasteiger partial charge < -0.3 is 10.6 Å². The third-order valence-electron chi connectivity index (χ3n) is 5.02. The van der Waals surface area contributed by atoms with Gasteiger partial charge in [-0.2, -0.15) is 16.7 Å². The summed E-state index contributed by atoms with van der Waals surface area (Å²) in [6.45, 7) is 1.74. The van der Waals surface area contributed by atoms with E-state index in [9.17, 15) is 4.39 Å². The largest absolute Gasteiger partial charge is 0.383 e. The van der Waals surface area contributed by atoms with Crippen LogP contribution in [-0.2, 0) is 0 Å². The number of fused-ring (bicyclic) bond motifs is 1. The van der Waals surface area contributed by atoms with Crippen molar-refractivity contribution in [2.24, 2.45) is 0 Å². The van der Waals surface area contributed by atoms with Gasteiger partial charge in [0, 0.05) is 35.2 Å². The average molecular weight is 441 g/mol. The highest BCUT2D eigenvalue weighted by molar-refractivity contribution is 7.99. The van der Waals surface area contributed by atoms with Gasteiger partial charge in [0.25, 0.3) is 0 Å². The summed E-state index contributed by atoms with van der Waals surface area (Å²) >= 11 is 8.00. The number of nitrogen functional groups attached to an aromatic ring is 1. The summed E-state index contributed by atoms with van der Waals surface area (Å²) in [6, 6.07) is 13.6. The van der Waals surface area contributed by atoms with Crippen LogP contribution in [0, 0.1) is 5.82 Å². The van der Waals surface area contributed by atoms with Gasteiger partial charge in [-0.1, -0.05) is 29.8 Å². The highest BCUT2D eigenvalue weighted by Gasteiger charge is 2.22. The number of aromatic nitrogens is 4. The van der Waals surface area contributed by atoms with Crippen LogP contribution in [-0.4, -0.2) is 44.3 Å². The van der Waals surface area contributed by atoms with E-state index in [4.69, 9.17) is 27.3 Å². The zero-order valence-corrected chi connectivity index (χ0v) is 17.5. The molecular weight excluding hydrogens is 423 g/mol. The van der Waals surface area contributed by atoms with Gasteiger partial charge in [0.05, 0.1) is 16.8 Å². The molecule has 1 saturated heterocycles. The van der Waals surface area contributed by atoms with Crippen LogP contribution < -0.4 is 10.6 Å². The molecule has 0 spiro atoms. The summed E-state index contributed by atoms with van der Waals surface area (Å²) in [7, 11) is 0. The van der Waals surface area contributed by atoms with Crippen molar-refractivity contribution in [3.63, 3.8) is 0 Å². The number of benzene rings is 2. The Labute approximate surface area is 181 Å². The highest BCUT2D eigenvalue weighted by Crippen LogP contribution is 2.34. The van der Waals surface area contributed by atoms with Crippen LogP contribution in [0.4, 0.5) is 16.2 Å². The Morgan fingerprint density at radius 3 is 2.53 bits per heavy atom. The van der Waals surface area contributed by atoms with Gasteiger partial charge in [0.1, 0.15) is 11.6 Å². The number of thioether (sulfide) groups is 1. The monoisotopic (exact) mass is 440 g/mol. The Bertz CT molecular complexity index is 1220. The first-order valence-corrected chi connectivity index (χ1v) is 11.0. The molecule has 4 aromatic rings. The van der Waals surface area contributed by atoms with Crippen LogP contribution in [0.2, 0.25) is 5.02 Å². The van der Waals surface area contributed by atoms with E-state index in [1.54, 1.807) is 12.1 Å². The molecule has 0 atom stereocenters. The fraction of sp³-hybridized carbons (Fsp3) is 0.190. The number of anilines is 2. The van der Waals surface area contributed by atoms with E-state index in [2.05, 4.69) is 10.00 Å². The number of hydrogen-bond acceptors (Lipinski definition) is 6. The zero-order chi connectivity index (χ0) is 20.7. The van der Waals surface area contributed by atoms with Crippen molar-refractivity contribution in [1.82, 2.24) is 19.7 Å². The minimum atomic E-state index is -0.359. The van der Waals surface area contributed by atoms with Crippen molar-refractivity contribution in [3.8, 4) is 16.9 Å². The summed E-state index contributed by atoms with van der Waals surface area (Å²) in [4.78, 5) is 11.7. The molecule has 9 heteroatoms. The third-order valence-corrected chi connectivity index (χ3v) is 6.22. The molecule has 2 aromatic carbocycles. The van der Waals surface area contributed by atoms with E-state index in [1.807, 2.05) is 36.0 Å². The van der Waals surface area contributed by atoms with Crippen molar-refractivity contribution in [2.45, 2.75) is 0 Å². The number of nitrogens with zero attached hydrogens (tertiary/aromatic N) is 5. The maximum atomic E-state index is 13.8. The lowest BCUT2D eigenvalue weighted by Gasteiger charge is -2.26. The smallest absolute Gasteiger partial charge is 0.228 e. The summed E-state index contributed by atoms with van der Waals surface area (Å²) in [5.74, 6) is 2.68. The van der Waals surface area contributed by atoms with Gasteiger partial charge in [0.2, 0.25) is 5.95 Å². The van der Waals surface area contributed by atoms with Crippen LogP contribution in [0.15, 0.2) is 48.5 Å². The van der Waals surface area contributed by atoms with Gasteiger partial charge in [-0.3, -0.25) is 0 Å². The third kappa shape index (κ3) is 3.46. The van der Waals surface area contributed by atoms with Gasteiger partial charge >= 0.3 is 0 Å². The number of halogens is 2. The first-order valence-electron chi connectivity index (χ1n) is 9.51. The lowest BCUT2D eigenvalue weighted by molar-refractivity contribution is 0.625. The molecule has 0 unspecified atom stereocenters. The first-order chi connectivity index (χ1) is 14.6. The lowest BCUT2D eigenvalue weighted by Crippen LogP contribution is -2.33. The van der Waals surface area contributed by atoms with Crippen LogP contribution >= 0.6 is 23.4 Å². The minimum absolute atomic E-state index is 0.359. The molecule has 2 N–H and O–H groups in total. The summed E-state index contributed by atoms with van der Waals surface area (Å²) in [6.07, 6.45) is 0. The fourth-order valence-corrected chi connectivity index (χ4v) is 4.56. The van der Waals surface area contributed by atoms with E-state index in [0.717, 1.165) is 30.2 Å². The van der Waals surface area contributed by atoms with E-state index in [-0.39, 0.29) is 5.82 Å². The van der Waals surface area contributed by atoms with E-state index in [0.29, 0.717) is 39.2 Å². The SMILES string of the molecule is Nc1c2c(-c3ccc(Cl)cc3)nc(N3CCSCC3)nc2nn1-c1cccc(F)c1. The number of hydrogen-bond donors (Lipinski definition) is 1. The van der Waals surface area contributed by atoms with Gasteiger partial charge in [-0.25, -0.2) is 14.1 Å². The maximum Gasteiger partial charge on any atom is 0.228 e. The highest BCUT2D eigenvalue weighted by atomic mass is 35.5. The molecule has 30 heavy (non-hydrogen) atoms. The minimum Gasteiger partial charge on any atom is -0.383 e. The molecule has 2 aromatic heterocycles. The Morgan fingerprint density at radius 1 is 1.03 bits per heavy atom. The van der Waals surface area contributed by atoms with E-state index < -0.39 is 0 Å². The average Bonchev–Trinajstić information content (AvgIpc) is 3.11. The zero-order valence-electron chi connectivity index (χ0n) is 15.9. The summed E-state index contributed by atoms with van der Waals surface area (Å²) < 4.78 is 15.3. The van der Waals surface area contributed by atoms with Crippen LogP contribution in [0.25, 0.3) is 28.0 Å². The predicted molar refractivity (Wildman–Crippen MR) is 121 cm³/mol. The molecule has 3 heterocycles. The molecule has 0 radical (unpaired) electrons.